The predicted octanol–water partition coefficient (Wildman–Crippen LogP) is 1.09. The van der Waals surface area contributed by atoms with Crippen molar-refractivity contribution in [1.29, 1.82) is 0 Å². The van der Waals surface area contributed by atoms with E-state index in [0.29, 0.717) is 17.7 Å². The number of nitrogen functional groups attached to an aromatic ring is 1. The summed E-state index contributed by atoms with van der Waals surface area (Å²) in [4.78, 5) is 0. The number of aryl methyl sites for hydroxylation is 1. The van der Waals surface area contributed by atoms with Crippen molar-refractivity contribution in [3.63, 3.8) is 0 Å². The van der Waals surface area contributed by atoms with Gasteiger partial charge in [0.25, 0.3) is 0 Å². The molecule has 0 radical (unpaired) electrons. The summed E-state index contributed by atoms with van der Waals surface area (Å²) in [5.41, 5.74) is 13.2. The van der Waals surface area contributed by atoms with Gasteiger partial charge in [0.1, 0.15) is 5.75 Å². The second-order valence-corrected chi connectivity index (χ2v) is 3.35. The average Bonchev–Trinajstić information content (AvgIpc) is 2.13. The van der Waals surface area contributed by atoms with Crippen LogP contribution in [0.5, 0.6) is 5.75 Å². The molecule has 86 valence electrons. The number of phenolic OH excluding ortho intramolecular Hbond substituents is 1. The van der Waals surface area contributed by atoms with E-state index >= 15 is 0 Å². The molecule has 1 rings (SSSR count). The Morgan fingerprint density at radius 3 is 2.53 bits per heavy atom. The van der Waals surface area contributed by atoms with Crippen molar-refractivity contribution < 1.29 is 10.2 Å². The second-order valence-electron chi connectivity index (χ2n) is 3.35. The third kappa shape index (κ3) is 2.99. The number of hydrogen-bond acceptors (Lipinski definition) is 4. The molecule has 1 aromatic carbocycles. The highest BCUT2D eigenvalue weighted by molar-refractivity contribution is 5.85. The lowest BCUT2D eigenvalue weighted by atomic mass is 9.98. The van der Waals surface area contributed by atoms with Crippen LogP contribution in [0, 0.1) is 6.92 Å². The van der Waals surface area contributed by atoms with E-state index in [1.54, 1.807) is 6.07 Å². The molecule has 1 aromatic rings. The van der Waals surface area contributed by atoms with Crippen LogP contribution in [-0.4, -0.2) is 16.8 Å². The van der Waals surface area contributed by atoms with Crippen molar-refractivity contribution in [1.82, 2.24) is 0 Å². The van der Waals surface area contributed by atoms with Crippen molar-refractivity contribution >= 4 is 18.1 Å². The first-order chi connectivity index (χ1) is 6.57. The van der Waals surface area contributed by atoms with Crippen molar-refractivity contribution in [2.24, 2.45) is 5.73 Å². The minimum absolute atomic E-state index is 0. The Kier molecular flexibility index (Phi) is 5.43. The highest BCUT2D eigenvalue weighted by Crippen LogP contribution is 2.32. The molecule has 0 saturated carbocycles. The number of phenols is 1. The van der Waals surface area contributed by atoms with E-state index in [9.17, 15) is 5.11 Å². The number of aliphatic hydroxyl groups is 1. The number of aromatic hydroxyl groups is 1. The van der Waals surface area contributed by atoms with Crippen LogP contribution in [0.2, 0.25) is 0 Å². The topological polar surface area (TPSA) is 92.5 Å². The first-order valence-electron chi connectivity index (χ1n) is 4.52. The zero-order chi connectivity index (χ0) is 10.7. The number of rotatable bonds is 3. The zero-order valence-electron chi connectivity index (χ0n) is 8.60. The van der Waals surface area contributed by atoms with Crippen LogP contribution in [0.4, 0.5) is 5.69 Å². The molecule has 0 aromatic heterocycles. The number of halogens is 1. The van der Waals surface area contributed by atoms with E-state index in [4.69, 9.17) is 16.6 Å². The number of nitrogens with two attached hydrogens (primary N) is 2. The Labute approximate surface area is 95.3 Å². The molecule has 0 spiro atoms. The molecule has 15 heavy (non-hydrogen) atoms. The SMILES string of the molecule is Cc1ccc(N)c(O)c1[C@H](N)CCO.Cl. The fourth-order valence-electron chi connectivity index (χ4n) is 1.48. The molecule has 0 bridgehead atoms. The standard InChI is InChI=1S/C10H16N2O2.ClH/c1-6-2-3-8(12)10(14)9(6)7(11)4-5-13;/h2-3,7,13-14H,4-5,11-12H2,1H3;1H/t7-;/m1./s1. The molecule has 0 amide bonds. The maximum Gasteiger partial charge on any atom is 0.143 e. The van der Waals surface area contributed by atoms with Crippen molar-refractivity contribution in [3.8, 4) is 5.75 Å². The van der Waals surface area contributed by atoms with Gasteiger partial charge in [-0.1, -0.05) is 6.07 Å². The minimum atomic E-state index is -0.372. The molecule has 0 aliphatic carbocycles. The molecule has 0 aliphatic heterocycles. The van der Waals surface area contributed by atoms with Crippen LogP contribution < -0.4 is 11.5 Å². The highest BCUT2D eigenvalue weighted by atomic mass is 35.5. The van der Waals surface area contributed by atoms with Crippen molar-refractivity contribution in [3.05, 3.63) is 23.3 Å². The number of anilines is 1. The van der Waals surface area contributed by atoms with Crippen LogP contribution in [-0.2, 0) is 0 Å². The van der Waals surface area contributed by atoms with Gasteiger partial charge in [0.15, 0.2) is 0 Å². The summed E-state index contributed by atoms with van der Waals surface area (Å²) in [6, 6.07) is 3.07. The average molecular weight is 233 g/mol. The van der Waals surface area contributed by atoms with Gasteiger partial charge in [0, 0.05) is 18.2 Å². The number of hydrogen-bond donors (Lipinski definition) is 4. The fraction of sp³-hybridized carbons (Fsp3) is 0.400. The molecule has 0 heterocycles. The Morgan fingerprint density at radius 1 is 1.40 bits per heavy atom. The summed E-state index contributed by atoms with van der Waals surface area (Å²) < 4.78 is 0. The molecule has 0 saturated heterocycles. The molecule has 6 N–H and O–H groups in total. The van der Waals surface area contributed by atoms with Crippen LogP contribution in [0.25, 0.3) is 0 Å². The van der Waals surface area contributed by atoms with E-state index in [1.165, 1.54) is 0 Å². The lowest BCUT2D eigenvalue weighted by molar-refractivity contribution is 0.275. The fourth-order valence-corrected chi connectivity index (χ4v) is 1.48. The smallest absolute Gasteiger partial charge is 0.143 e. The lowest BCUT2D eigenvalue weighted by Crippen LogP contribution is -2.14. The van der Waals surface area contributed by atoms with Gasteiger partial charge in [0.2, 0.25) is 0 Å². The highest BCUT2D eigenvalue weighted by Gasteiger charge is 2.15. The summed E-state index contributed by atoms with van der Waals surface area (Å²) in [7, 11) is 0. The van der Waals surface area contributed by atoms with Crippen LogP contribution >= 0.6 is 12.4 Å². The van der Waals surface area contributed by atoms with Gasteiger partial charge in [0.05, 0.1) is 5.69 Å². The Hall–Kier alpha value is -0.970. The number of benzene rings is 1. The third-order valence-corrected chi connectivity index (χ3v) is 2.28. The third-order valence-electron chi connectivity index (χ3n) is 2.28. The quantitative estimate of drug-likeness (QED) is 0.464. The van der Waals surface area contributed by atoms with Gasteiger partial charge in [-0.2, -0.15) is 0 Å². The van der Waals surface area contributed by atoms with Gasteiger partial charge in [-0.15, -0.1) is 12.4 Å². The molecule has 4 nitrogen and oxygen atoms in total. The molecule has 0 unspecified atom stereocenters. The largest absolute Gasteiger partial charge is 0.505 e. The lowest BCUT2D eigenvalue weighted by Gasteiger charge is -2.16. The number of aliphatic hydroxyl groups excluding tert-OH is 1. The van der Waals surface area contributed by atoms with Gasteiger partial charge in [-0.25, -0.2) is 0 Å². The van der Waals surface area contributed by atoms with Crippen molar-refractivity contribution in [2.45, 2.75) is 19.4 Å². The Balaban J connectivity index is 0.00000196. The van der Waals surface area contributed by atoms with Crippen LogP contribution in [0.3, 0.4) is 0 Å². The van der Waals surface area contributed by atoms with E-state index in [-0.39, 0.29) is 30.8 Å². The summed E-state index contributed by atoms with van der Waals surface area (Å²) in [5, 5.41) is 18.4. The Morgan fingerprint density at radius 2 is 2.00 bits per heavy atom. The first-order valence-corrected chi connectivity index (χ1v) is 4.52. The zero-order valence-corrected chi connectivity index (χ0v) is 9.42. The summed E-state index contributed by atoms with van der Waals surface area (Å²) in [5.74, 6) is 0.0333. The van der Waals surface area contributed by atoms with Gasteiger partial charge >= 0.3 is 0 Å². The van der Waals surface area contributed by atoms with E-state index in [2.05, 4.69) is 0 Å². The molecule has 0 fully saturated rings. The maximum absolute atomic E-state index is 9.69. The molecule has 1 atom stereocenters. The summed E-state index contributed by atoms with van der Waals surface area (Å²) >= 11 is 0. The van der Waals surface area contributed by atoms with Crippen LogP contribution in [0.15, 0.2) is 12.1 Å². The predicted molar refractivity (Wildman–Crippen MR) is 63.1 cm³/mol. The van der Waals surface area contributed by atoms with Crippen LogP contribution in [0.1, 0.15) is 23.6 Å². The van der Waals surface area contributed by atoms with Crippen molar-refractivity contribution in [2.75, 3.05) is 12.3 Å². The van der Waals surface area contributed by atoms with Gasteiger partial charge in [-0.05, 0) is 25.0 Å². The minimum Gasteiger partial charge on any atom is -0.505 e. The molecule has 5 heteroatoms. The second kappa shape index (κ2) is 5.80. The van der Waals surface area contributed by atoms with Gasteiger partial charge in [-0.3, -0.25) is 0 Å². The normalized spacial score (nSPS) is 11.9. The summed E-state index contributed by atoms with van der Waals surface area (Å²) in [6.45, 7) is 1.85. The molecular weight excluding hydrogens is 216 g/mol. The van der Waals surface area contributed by atoms with Gasteiger partial charge < -0.3 is 21.7 Å². The molecular formula is C10H17ClN2O2. The Bertz CT molecular complexity index is 331. The monoisotopic (exact) mass is 232 g/mol. The van der Waals surface area contributed by atoms with E-state index < -0.39 is 0 Å². The van der Waals surface area contributed by atoms with E-state index in [0.717, 1.165) is 5.56 Å². The molecule has 0 aliphatic rings. The summed E-state index contributed by atoms with van der Waals surface area (Å²) in [6.07, 6.45) is 0.415. The van der Waals surface area contributed by atoms with E-state index in [1.807, 2.05) is 13.0 Å². The maximum atomic E-state index is 9.69. The first kappa shape index (κ1) is 14.0.